The summed E-state index contributed by atoms with van der Waals surface area (Å²) in [6, 6.07) is 3.16. The van der Waals surface area contributed by atoms with Crippen LogP contribution in [0.1, 0.15) is 43.0 Å². The Balaban J connectivity index is 1.97. The minimum atomic E-state index is -4.79. The fourth-order valence-corrected chi connectivity index (χ4v) is 2.50. The second-order valence-corrected chi connectivity index (χ2v) is 6.27. The van der Waals surface area contributed by atoms with Crippen molar-refractivity contribution in [2.45, 2.75) is 44.8 Å². The summed E-state index contributed by atoms with van der Waals surface area (Å²) in [7, 11) is 0. The molecule has 2 rings (SSSR count). The number of esters is 1. The SMILES string of the molecule is CCOC(=O)CC(NC(=O)c1ccc(NC(=O)C2CCC2)cc1)C(F)(F)F. The zero-order chi connectivity index (χ0) is 20.0. The van der Waals surface area contributed by atoms with Crippen LogP contribution in [0.5, 0.6) is 0 Å². The summed E-state index contributed by atoms with van der Waals surface area (Å²) in [5.74, 6) is -2.14. The van der Waals surface area contributed by atoms with E-state index in [9.17, 15) is 27.6 Å². The van der Waals surface area contributed by atoms with Crippen LogP contribution in [0.3, 0.4) is 0 Å². The summed E-state index contributed by atoms with van der Waals surface area (Å²) in [6.45, 7) is 1.43. The third-order valence-corrected chi connectivity index (χ3v) is 4.27. The zero-order valence-electron chi connectivity index (χ0n) is 14.8. The molecule has 0 heterocycles. The lowest BCUT2D eigenvalue weighted by Crippen LogP contribution is -2.46. The van der Waals surface area contributed by atoms with Crippen molar-refractivity contribution in [1.29, 1.82) is 0 Å². The third-order valence-electron chi connectivity index (χ3n) is 4.27. The van der Waals surface area contributed by atoms with E-state index in [0.717, 1.165) is 19.3 Å². The molecule has 2 amide bonds. The smallest absolute Gasteiger partial charge is 0.409 e. The van der Waals surface area contributed by atoms with E-state index in [1.54, 1.807) is 0 Å². The van der Waals surface area contributed by atoms with Crippen molar-refractivity contribution < 1.29 is 32.3 Å². The third kappa shape index (κ3) is 5.97. The fraction of sp³-hybridized carbons (Fsp3) is 0.500. The number of rotatable bonds is 7. The molecular weight excluding hydrogens is 365 g/mol. The van der Waals surface area contributed by atoms with Gasteiger partial charge in [0.2, 0.25) is 5.91 Å². The standard InChI is InChI=1S/C18H21F3N2O4/c1-2-27-15(24)10-14(18(19,20)21)23-17(26)12-6-8-13(9-7-12)22-16(25)11-4-3-5-11/h6-9,11,14H,2-5,10H2,1H3,(H,22,25)(H,23,26). The first-order chi connectivity index (χ1) is 12.7. The number of benzene rings is 1. The predicted octanol–water partition coefficient (Wildman–Crippen LogP) is 3.04. The molecule has 1 aromatic rings. The van der Waals surface area contributed by atoms with E-state index in [-0.39, 0.29) is 24.0 Å². The number of carbonyl (C=O) groups excluding carboxylic acids is 3. The second-order valence-electron chi connectivity index (χ2n) is 6.27. The predicted molar refractivity (Wildman–Crippen MR) is 91.0 cm³/mol. The van der Waals surface area contributed by atoms with Crippen LogP contribution < -0.4 is 10.6 Å². The van der Waals surface area contributed by atoms with Gasteiger partial charge in [-0.25, -0.2) is 0 Å². The first-order valence-electron chi connectivity index (χ1n) is 8.64. The molecule has 1 saturated carbocycles. The zero-order valence-corrected chi connectivity index (χ0v) is 14.8. The Morgan fingerprint density at radius 1 is 1.19 bits per heavy atom. The summed E-state index contributed by atoms with van der Waals surface area (Å²) in [4.78, 5) is 35.3. The minimum Gasteiger partial charge on any atom is -0.466 e. The van der Waals surface area contributed by atoms with Crippen LogP contribution in [0.25, 0.3) is 0 Å². The molecule has 0 radical (unpaired) electrons. The number of alkyl halides is 3. The van der Waals surface area contributed by atoms with E-state index in [4.69, 9.17) is 0 Å². The number of ether oxygens (including phenoxy) is 1. The van der Waals surface area contributed by atoms with Gasteiger partial charge in [-0.05, 0) is 44.0 Å². The van der Waals surface area contributed by atoms with Crippen molar-refractivity contribution in [1.82, 2.24) is 5.32 Å². The average molecular weight is 386 g/mol. The number of halogens is 3. The molecule has 6 nitrogen and oxygen atoms in total. The summed E-state index contributed by atoms with van der Waals surface area (Å²) in [5, 5.41) is 4.51. The Labute approximate surface area is 154 Å². The molecule has 0 bridgehead atoms. The molecule has 0 spiro atoms. The van der Waals surface area contributed by atoms with Crippen LogP contribution in [0, 0.1) is 5.92 Å². The normalized spacial score (nSPS) is 15.4. The van der Waals surface area contributed by atoms with Crippen molar-refractivity contribution >= 4 is 23.5 Å². The van der Waals surface area contributed by atoms with E-state index in [2.05, 4.69) is 10.1 Å². The maximum absolute atomic E-state index is 13.0. The Bertz CT molecular complexity index is 685. The molecule has 1 unspecified atom stereocenters. The van der Waals surface area contributed by atoms with Crippen molar-refractivity contribution in [3.05, 3.63) is 29.8 Å². The molecule has 0 saturated heterocycles. The van der Waals surface area contributed by atoms with Gasteiger partial charge in [0.05, 0.1) is 13.0 Å². The number of amides is 2. The number of carbonyl (C=O) groups is 3. The molecule has 148 valence electrons. The van der Waals surface area contributed by atoms with Gasteiger partial charge in [-0.2, -0.15) is 13.2 Å². The Morgan fingerprint density at radius 2 is 1.81 bits per heavy atom. The number of hydrogen-bond donors (Lipinski definition) is 2. The Morgan fingerprint density at radius 3 is 2.30 bits per heavy atom. The Kier molecular flexibility index (Phi) is 6.81. The number of hydrogen-bond acceptors (Lipinski definition) is 4. The molecule has 1 aliphatic rings. The molecule has 1 fully saturated rings. The van der Waals surface area contributed by atoms with Gasteiger partial charge in [0.15, 0.2) is 0 Å². The van der Waals surface area contributed by atoms with Crippen LogP contribution in [-0.2, 0) is 14.3 Å². The van der Waals surface area contributed by atoms with Gasteiger partial charge in [-0.15, -0.1) is 0 Å². The van der Waals surface area contributed by atoms with Gasteiger partial charge >= 0.3 is 12.1 Å². The minimum absolute atomic E-state index is 0.0107. The molecule has 1 atom stereocenters. The molecular formula is C18H21F3N2O4. The molecule has 2 N–H and O–H groups in total. The summed E-state index contributed by atoms with van der Waals surface area (Å²) in [6.07, 6.45) is -3.10. The molecule has 27 heavy (non-hydrogen) atoms. The lowest BCUT2D eigenvalue weighted by Gasteiger charge is -2.24. The molecule has 9 heteroatoms. The largest absolute Gasteiger partial charge is 0.466 e. The highest BCUT2D eigenvalue weighted by atomic mass is 19.4. The fourth-order valence-electron chi connectivity index (χ4n) is 2.50. The monoisotopic (exact) mass is 386 g/mol. The first-order valence-corrected chi connectivity index (χ1v) is 8.64. The summed E-state index contributed by atoms with van der Waals surface area (Å²) >= 11 is 0. The van der Waals surface area contributed by atoms with E-state index >= 15 is 0 Å². The number of anilines is 1. The van der Waals surface area contributed by atoms with Gasteiger partial charge in [0.25, 0.3) is 5.91 Å². The quantitative estimate of drug-likeness (QED) is 0.706. The van der Waals surface area contributed by atoms with Crippen molar-refractivity contribution in [2.24, 2.45) is 5.92 Å². The van der Waals surface area contributed by atoms with E-state index in [1.165, 1.54) is 31.2 Å². The molecule has 1 aliphatic carbocycles. The van der Waals surface area contributed by atoms with Crippen LogP contribution in [0.4, 0.5) is 18.9 Å². The van der Waals surface area contributed by atoms with Crippen LogP contribution in [-0.4, -0.2) is 36.6 Å². The van der Waals surface area contributed by atoms with Crippen LogP contribution in [0.15, 0.2) is 24.3 Å². The highest BCUT2D eigenvalue weighted by Gasteiger charge is 2.42. The molecule has 0 aliphatic heterocycles. The average Bonchev–Trinajstić information content (AvgIpc) is 2.52. The Hall–Kier alpha value is -2.58. The van der Waals surface area contributed by atoms with E-state index in [0.29, 0.717) is 5.69 Å². The maximum atomic E-state index is 13.0. The summed E-state index contributed by atoms with van der Waals surface area (Å²) < 4.78 is 43.7. The van der Waals surface area contributed by atoms with Gasteiger partial charge in [-0.3, -0.25) is 14.4 Å². The van der Waals surface area contributed by atoms with Gasteiger partial charge < -0.3 is 15.4 Å². The topological polar surface area (TPSA) is 84.5 Å². The van der Waals surface area contributed by atoms with Crippen molar-refractivity contribution in [3.8, 4) is 0 Å². The maximum Gasteiger partial charge on any atom is 0.409 e. The van der Waals surface area contributed by atoms with E-state index in [1.807, 2.05) is 5.32 Å². The lowest BCUT2D eigenvalue weighted by molar-refractivity contribution is -0.167. The highest BCUT2D eigenvalue weighted by molar-refractivity contribution is 5.96. The van der Waals surface area contributed by atoms with Crippen LogP contribution >= 0.6 is 0 Å². The first kappa shape index (κ1) is 20.7. The molecule has 0 aromatic heterocycles. The molecule has 1 aromatic carbocycles. The summed E-state index contributed by atoms with van der Waals surface area (Å²) in [5.41, 5.74) is 0.442. The van der Waals surface area contributed by atoms with Crippen LogP contribution in [0.2, 0.25) is 0 Å². The van der Waals surface area contributed by atoms with Gasteiger partial charge in [-0.1, -0.05) is 6.42 Å². The van der Waals surface area contributed by atoms with Crippen molar-refractivity contribution in [3.63, 3.8) is 0 Å². The van der Waals surface area contributed by atoms with Crippen molar-refractivity contribution in [2.75, 3.05) is 11.9 Å². The second kappa shape index (κ2) is 8.88. The van der Waals surface area contributed by atoms with E-state index < -0.39 is 30.5 Å². The lowest BCUT2D eigenvalue weighted by atomic mass is 9.85. The highest BCUT2D eigenvalue weighted by Crippen LogP contribution is 2.27. The van der Waals surface area contributed by atoms with Gasteiger partial charge in [0.1, 0.15) is 6.04 Å². The van der Waals surface area contributed by atoms with Gasteiger partial charge in [0, 0.05) is 17.2 Å². The number of nitrogens with one attached hydrogen (secondary N) is 2.